The number of hydrogen-bond acceptors (Lipinski definition) is 5. The second kappa shape index (κ2) is 11.7. The van der Waals surface area contributed by atoms with Crippen LogP contribution in [0.25, 0.3) is 0 Å². The highest BCUT2D eigenvalue weighted by Gasteiger charge is 2.41. The number of esters is 1. The molecule has 0 saturated carbocycles. The van der Waals surface area contributed by atoms with E-state index in [2.05, 4.69) is 18.7 Å². The van der Waals surface area contributed by atoms with Crippen molar-refractivity contribution in [1.82, 2.24) is 4.90 Å². The fourth-order valence-electron chi connectivity index (χ4n) is 3.01. The molecule has 0 spiro atoms. The number of aliphatic hydroxyl groups is 1. The number of methoxy groups -OCH3 is 1. The van der Waals surface area contributed by atoms with E-state index in [0.29, 0.717) is 16.9 Å². The van der Waals surface area contributed by atoms with Gasteiger partial charge in [-0.1, -0.05) is 56.3 Å². The number of carbonyl (C=O) groups is 1. The van der Waals surface area contributed by atoms with Crippen molar-refractivity contribution in [2.45, 2.75) is 25.9 Å². The van der Waals surface area contributed by atoms with Gasteiger partial charge in [-0.2, -0.15) is 0 Å². The lowest BCUT2D eigenvalue weighted by molar-refractivity contribution is -0.162. The molecule has 6 heteroatoms. The molecule has 0 bridgehead atoms. The third-order valence-corrected chi connectivity index (χ3v) is 4.74. The normalized spacial score (nSPS) is 12.8. The van der Waals surface area contributed by atoms with Gasteiger partial charge in [0, 0.05) is 6.54 Å². The lowest BCUT2D eigenvalue weighted by Crippen LogP contribution is -2.39. The topological polar surface area (TPSA) is 59.0 Å². The molecule has 1 atom stereocenters. The molecule has 2 rings (SSSR count). The van der Waals surface area contributed by atoms with Gasteiger partial charge >= 0.3 is 5.97 Å². The SMILES string of the molecule is CCN(CC)CCCOC(=O)C(O)(c1ccccc1)c1ccc(OC)cc1.Cl. The van der Waals surface area contributed by atoms with Gasteiger partial charge in [0.2, 0.25) is 5.60 Å². The van der Waals surface area contributed by atoms with E-state index in [-0.39, 0.29) is 19.0 Å². The Balaban J connectivity index is 0.00000392. The van der Waals surface area contributed by atoms with Gasteiger partial charge in [-0.3, -0.25) is 0 Å². The maximum Gasteiger partial charge on any atom is 0.347 e. The summed E-state index contributed by atoms with van der Waals surface area (Å²) in [5.41, 5.74) is -0.935. The fourth-order valence-corrected chi connectivity index (χ4v) is 3.01. The molecule has 0 heterocycles. The Morgan fingerprint density at radius 2 is 1.57 bits per heavy atom. The molecule has 0 radical (unpaired) electrons. The Morgan fingerprint density at radius 3 is 2.11 bits per heavy atom. The summed E-state index contributed by atoms with van der Waals surface area (Å²) in [6.45, 7) is 7.25. The van der Waals surface area contributed by atoms with Crippen LogP contribution in [0.1, 0.15) is 31.4 Å². The Bertz CT molecular complexity index is 704. The Labute approximate surface area is 173 Å². The highest BCUT2D eigenvalue weighted by molar-refractivity contribution is 5.85. The van der Waals surface area contributed by atoms with Gasteiger partial charge in [-0.05, 0) is 42.8 Å². The number of hydrogen-bond donors (Lipinski definition) is 1. The molecule has 0 aliphatic carbocycles. The van der Waals surface area contributed by atoms with E-state index < -0.39 is 11.6 Å². The predicted octanol–water partition coefficient (Wildman–Crippen LogP) is 3.63. The molecule has 28 heavy (non-hydrogen) atoms. The van der Waals surface area contributed by atoms with Crippen molar-refractivity contribution < 1.29 is 19.4 Å². The monoisotopic (exact) mass is 407 g/mol. The summed E-state index contributed by atoms with van der Waals surface area (Å²) in [4.78, 5) is 15.2. The molecule has 0 saturated heterocycles. The molecule has 154 valence electrons. The fraction of sp³-hybridized carbons (Fsp3) is 0.409. The van der Waals surface area contributed by atoms with Crippen LogP contribution in [0.5, 0.6) is 5.75 Å². The highest BCUT2D eigenvalue weighted by Crippen LogP contribution is 2.32. The minimum absolute atomic E-state index is 0. The van der Waals surface area contributed by atoms with Crippen molar-refractivity contribution in [2.24, 2.45) is 0 Å². The number of carbonyl (C=O) groups excluding carboxylic acids is 1. The van der Waals surface area contributed by atoms with Gasteiger partial charge in [0.15, 0.2) is 0 Å². The van der Waals surface area contributed by atoms with E-state index in [1.807, 2.05) is 6.07 Å². The smallest absolute Gasteiger partial charge is 0.347 e. The van der Waals surface area contributed by atoms with Crippen LogP contribution in [0.15, 0.2) is 54.6 Å². The van der Waals surface area contributed by atoms with Crippen molar-refractivity contribution in [3.63, 3.8) is 0 Å². The molecule has 0 fully saturated rings. The minimum Gasteiger partial charge on any atom is -0.497 e. The molecular formula is C22H30ClNO4. The second-order valence-electron chi connectivity index (χ2n) is 6.32. The van der Waals surface area contributed by atoms with E-state index in [1.54, 1.807) is 55.6 Å². The summed E-state index contributed by atoms with van der Waals surface area (Å²) in [5.74, 6) is -0.0137. The van der Waals surface area contributed by atoms with Crippen molar-refractivity contribution in [3.8, 4) is 5.75 Å². The van der Waals surface area contributed by atoms with Crippen LogP contribution in [-0.4, -0.2) is 49.3 Å². The number of nitrogens with zero attached hydrogens (tertiary/aromatic N) is 1. The van der Waals surface area contributed by atoms with Crippen molar-refractivity contribution in [2.75, 3.05) is 33.4 Å². The first kappa shape index (κ1) is 24.0. The summed E-state index contributed by atoms with van der Waals surface area (Å²) >= 11 is 0. The summed E-state index contributed by atoms with van der Waals surface area (Å²) in [6, 6.07) is 15.7. The first-order valence-electron chi connectivity index (χ1n) is 9.38. The zero-order chi connectivity index (χ0) is 19.7. The second-order valence-corrected chi connectivity index (χ2v) is 6.32. The van der Waals surface area contributed by atoms with Crippen molar-refractivity contribution in [3.05, 3.63) is 65.7 Å². The van der Waals surface area contributed by atoms with Gasteiger partial charge in [-0.25, -0.2) is 4.79 Å². The van der Waals surface area contributed by atoms with Gasteiger partial charge in [-0.15, -0.1) is 12.4 Å². The average molecular weight is 408 g/mol. The van der Waals surface area contributed by atoms with E-state index in [0.717, 1.165) is 26.1 Å². The zero-order valence-corrected chi connectivity index (χ0v) is 17.6. The first-order valence-corrected chi connectivity index (χ1v) is 9.38. The lowest BCUT2D eigenvalue weighted by Gasteiger charge is -2.27. The molecule has 5 nitrogen and oxygen atoms in total. The van der Waals surface area contributed by atoms with Crippen LogP contribution in [0.4, 0.5) is 0 Å². The van der Waals surface area contributed by atoms with Crippen LogP contribution in [0.3, 0.4) is 0 Å². The van der Waals surface area contributed by atoms with Crippen molar-refractivity contribution >= 4 is 18.4 Å². The van der Waals surface area contributed by atoms with E-state index >= 15 is 0 Å². The van der Waals surface area contributed by atoms with E-state index in [9.17, 15) is 9.90 Å². The molecular weight excluding hydrogens is 378 g/mol. The summed E-state index contributed by atoms with van der Waals surface area (Å²) in [5, 5.41) is 11.4. The first-order chi connectivity index (χ1) is 13.1. The van der Waals surface area contributed by atoms with Crippen molar-refractivity contribution in [1.29, 1.82) is 0 Å². The molecule has 1 N–H and O–H groups in total. The molecule has 1 unspecified atom stereocenters. The summed E-state index contributed by atoms with van der Waals surface area (Å²) in [7, 11) is 1.57. The molecule has 0 aliphatic heterocycles. The number of halogens is 1. The summed E-state index contributed by atoms with van der Waals surface area (Å²) in [6.07, 6.45) is 0.723. The molecule has 2 aromatic carbocycles. The van der Waals surface area contributed by atoms with E-state index in [1.165, 1.54) is 0 Å². The van der Waals surface area contributed by atoms with E-state index in [4.69, 9.17) is 9.47 Å². The third-order valence-electron chi connectivity index (χ3n) is 4.74. The van der Waals surface area contributed by atoms with Crippen LogP contribution in [0, 0.1) is 0 Å². The van der Waals surface area contributed by atoms with Gasteiger partial charge < -0.3 is 19.5 Å². The number of benzene rings is 2. The largest absolute Gasteiger partial charge is 0.497 e. The molecule has 2 aromatic rings. The van der Waals surface area contributed by atoms with Crippen LogP contribution >= 0.6 is 12.4 Å². The number of rotatable bonds is 10. The molecule has 0 aliphatic rings. The van der Waals surface area contributed by atoms with Crippen LogP contribution in [-0.2, 0) is 15.1 Å². The van der Waals surface area contributed by atoms with Gasteiger partial charge in [0.1, 0.15) is 5.75 Å². The minimum atomic E-state index is -1.86. The Morgan fingerprint density at radius 1 is 1.00 bits per heavy atom. The number of ether oxygens (including phenoxy) is 2. The Hall–Kier alpha value is -2.08. The maximum absolute atomic E-state index is 12.9. The molecule has 0 aromatic heterocycles. The third kappa shape index (κ3) is 5.71. The average Bonchev–Trinajstić information content (AvgIpc) is 2.73. The zero-order valence-electron chi connectivity index (χ0n) is 16.8. The lowest BCUT2D eigenvalue weighted by atomic mass is 9.86. The van der Waals surface area contributed by atoms with Gasteiger partial charge in [0.05, 0.1) is 13.7 Å². The summed E-state index contributed by atoms with van der Waals surface area (Å²) < 4.78 is 10.6. The predicted molar refractivity (Wildman–Crippen MR) is 113 cm³/mol. The van der Waals surface area contributed by atoms with Gasteiger partial charge in [0.25, 0.3) is 0 Å². The highest BCUT2D eigenvalue weighted by atomic mass is 35.5. The van der Waals surface area contributed by atoms with Crippen LogP contribution in [0.2, 0.25) is 0 Å². The maximum atomic E-state index is 12.9. The Kier molecular flexibility index (Phi) is 10.0. The van der Waals surface area contributed by atoms with Crippen LogP contribution < -0.4 is 4.74 Å². The quantitative estimate of drug-likeness (QED) is 0.481. The standard InChI is InChI=1S/C22H29NO4.ClH/c1-4-23(5-2)16-9-17-27-21(24)22(25,18-10-7-6-8-11-18)19-12-14-20(26-3)15-13-19;/h6-8,10-15,25H,4-5,9,16-17H2,1-3H3;1H. The molecule has 0 amide bonds.